The topological polar surface area (TPSA) is 75.9 Å². The smallest absolute Gasteiger partial charge is 0.289 e. The van der Waals surface area contributed by atoms with Gasteiger partial charge in [0.2, 0.25) is 5.82 Å². The first kappa shape index (κ1) is 15.5. The molecule has 2 fully saturated rings. The summed E-state index contributed by atoms with van der Waals surface area (Å²) < 4.78 is 2.06. The first-order valence-electron chi connectivity index (χ1n) is 9.01. The van der Waals surface area contributed by atoms with E-state index in [1.165, 1.54) is 4.88 Å². The summed E-state index contributed by atoms with van der Waals surface area (Å²) in [6.45, 7) is 6.10. The average Bonchev–Trinajstić information content (AvgIpc) is 2.99. The Kier molecular flexibility index (Phi) is 3.63. The fourth-order valence-corrected chi connectivity index (χ4v) is 4.90. The van der Waals surface area contributed by atoms with Gasteiger partial charge in [0.1, 0.15) is 5.82 Å². The Bertz CT molecular complexity index is 810. The quantitative estimate of drug-likeness (QED) is 0.890. The lowest BCUT2D eigenvalue weighted by atomic mass is 9.89. The van der Waals surface area contributed by atoms with Gasteiger partial charge < -0.3 is 9.88 Å². The van der Waals surface area contributed by atoms with Crippen LogP contribution in [0.5, 0.6) is 0 Å². The van der Waals surface area contributed by atoms with Gasteiger partial charge in [0.25, 0.3) is 5.91 Å². The largest absolute Gasteiger partial charge is 0.347 e. The van der Waals surface area contributed by atoms with E-state index >= 15 is 0 Å². The minimum atomic E-state index is -0.0603. The molecule has 0 spiro atoms. The van der Waals surface area contributed by atoms with Crippen LogP contribution >= 0.6 is 11.3 Å². The zero-order valence-corrected chi connectivity index (χ0v) is 15.1. The number of amides is 1. The molecule has 5 rings (SSSR count). The number of carbonyl (C=O) groups is 1. The molecule has 1 saturated heterocycles. The van der Waals surface area contributed by atoms with Crippen LogP contribution in [0.4, 0.5) is 0 Å². The SMILES string of the molecule is Cc1ncsc1CN1C[C@H]2Cc3nnc(C(=O)NC4CC4)n3C[C@@H]2C1. The number of aromatic nitrogens is 4. The van der Waals surface area contributed by atoms with Crippen LogP contribution in [-0.4, -0.2) is 49.7 Å². The number of rotatable bonds is 4. The van der Waals surface area contributed by atoms with E-state index < -0.39 is 0 Å². The molecular formula is C17H22N6OS. The number of fused-ring (bicyclic) bond motifs is 2. The number of nitrogens with zero attached hydrogens (tertiary/aromatic N) is 5. The molecule has 1 amide bonds. The van der Waals surface area contributed by atoms with Gasteiger partial charge in [0.05, 0.1) is 11.2 Å². The van der Waals surface area contributed by atoms with E-state index in [-0.39, 0.29) is 5.91 Å². The van der Waals surface area contributed by atoms with Crippen LogP contribution in [0.3, 0.4) is 0 Å². The first-order chi connectivity index (χ1) is 12.2. The first-order valence-corrected chi connectivity index (χ1v) is 9.89. The monoisotopic (exact) mass is 358 g/mol. The highest BCUT2D eigenvalue weighted by Crippen LogP contribution is 2.34. The summed E-state index contributed by atoms with van der Waals surface area (Å²) in [4.78, 5) is 20.6. The number of thiazole rings is 1. The summed E-state index contributed by atoms with van der Waals surface area (Å²) >= 11 is 1.74. The van der Waals surface area contributed by atoms with Crippen LogP contribution < -0.4 is 5.32 Å². The normalized spacial score (nSPS) is 25.6. The molecule has 0 unspecified atom stereocenters. The molecule has 4 heterocycles. The van der Waals surface area contributed by atoms with Crippen LogP contribution in [0.1, 0.15) is 39.9 Å². The molecule has 132 valence electrons. The molecular weight excluding hydrogens is 336 g/mol. The summed E-state index contributed by atoms with van der Waals surface area (Å²) in [6, 6.07) is 0.349. The van der Waals surface area contributed by atoms with E-state index in [1.54, 1.807) is 11.3 Å². The van der Waals surface area contributed by atoms with Crippen molar-refractivity contribution in [2.24, 2.45) is 11.8 Å². The van der Waals surface area contributed by atoms with E-state index in [1.807, 2.05) is 5.51 Å². The van der Waals surface area contributed by atoms with Crippen molar-refractivity contribution >= 4 is 17.2 Å². The number of carbonyl (C=O) groups excluding carboxylic acids is 1. The van der Waals surface area contributed by atoms with Crippen molar-refractivity contribution in [3.05, 3.63) is 27.7 Å². The number of nitrogens with one attached hydrogen (secondary N) is 1. The molecule has 2 atom stereocenters. The third-order valence-corrected chi connectivity index (χ3v) is 6.59. The second-order valence-electron chi connectivity index (χ2n) is 7.58. The molecule has 0 aromatic carbocycles. The van der Waals surface area contributed by atoms with Gasteiger partial charge >= 0.3 is 0 Å². The highest BCUT2D eigenvalue weighted by Gasteiger charge is 2.39. The lowest BCUT2D eigenvalue weighted by Crippen LogP contribution is -2.33. The molecule has 2 aromatic rings. The van der Waals surface area contributed by atoms with E-state index in [2.05, 4.69) is 36.9 Å². The van der Waals surface area contributed by atoms with Gasteiger partial charge in [-0.25, -0.2) is 4.98 Å². The van der Waals surface area contributed by atoms with Gasteiger partial charge in [-0.05, 0) is 31.6 Å². The number of hydrogen-bond acceptors (Lipinski definition) is 6. The van der Waals surface area contributed by atoms with E-state index in [4.69, 9.17) is 0 Å². The summed E-state index contributed by atoms with van der Waals surface area (Å²) in [5.41, 5.74) is 3.08. The van der Waals surface area contributed by atoms with Crippen molar-refractivity contribution in [1.82, 2.24) is 30.0 Å². The number of likely N-dealkylation sites (tertiary alicyclic amines) is 1. The molecule has 2 aromatic heterocycles. The maximum Gasteiger partial charge on any atom is 0.289 e. The van der Waals surface area contributed by atoms with Crippen molar-refractivity contribution in [3.63, 3.8) is 0 Å². The number of aryl methyl sites for hydroxylation is 1. The predicted molar refractivity (Wildman–Crippen MR) is 93.3 cm³/mol. The highest BCUT2D eigenvalue weighted by atomic mass is 32.1. The molecule has 8 heteroatoms. The second-order valence-corrected chi connectivity index (χ2v) is 8.52. The molecule has 7 nitrogen and oxygen atoms in total. The summed E-state index contributed by atoms with van der Waals surface area (Å²) in [5.74, 6) is 2.60. The lowest BCUT2D eigenvalue weighted by Gasteiger charge is -2.25. The summed E-state index contributed by atoms with van der Waals surface area (Å²) in [5, 5.41) is 11.5. The average molecular weight is 358 g/mol. The minimum absolute atomic E-state index is 0.0603. The summed E-state index contributed by atoms with van der Waals surface area (Å²) in [6.07, 6.45) is 3.10. The Morgan fingerprint density at radius 1 is 1.28 bits per heavy atom. The van der Waals surface area contributed by atoms with E-state index in [0.29, 0.717) is 23.7 Å². The van der Waals surface area contributed by atoms with Gasteiger partial charge in [-0.15, -0.1) is 21.5 Å². The molecule has 2 aliphatic heterocycles. The third kappa shape index (κ3) is 2.87. The van der Waals surface area contributed by atoms with Crippen LogP contribution in [0.2, 0.25) is 0 Å². The minimum Gasteiger partial charge on any atom is -0.347 e. The van der Waals surface area contributed by atoms with Gasteiger partial charge in [0.15, 0.2) is 0 Å². The Morgan fingerprint density at radius 3 is 2.88 bits per heavy atom. The molecule has 0 bridgehead atoms. The van der Waals surface area contributed by atoms with Gasteiger partial charge in [-0.2, -0.15) is 0 Å². The van der Waals surface area contributed by atoms with Crippen LogP contribution in [0.15, 0.2) is 5.51 Å². The zero-order chi connectivity index (χ0) is 17.0. The Balaban J connectivity index is 1.29. The van der Waals surface area contributed by atoms with Crippen molar-refractivity contribution in [2.45, 2.75) is 45.3 Å². The van der Waals surface area contributed by atoms with Crippen molar-refractivity contribution in [1.29, 1.82) is 0 Å². The van der Waals surface area contributed by atoms with Crippen LogP contribution in [0.25, 0.3) is 0 Å². The molecule has 1 aliphatic carbocycles. The molecule has 1 N–H and O–H groups in total. The van der Waals surface area contributed by atoms with Crippen molar-refractivity contribution in [2.75, 3.05) is 13.1 Å². The zero-order valence-electron chi connectivity index (χ0n) is 14.3. The Morgan fingerprint density at radius 2 is 2.12 bits per heavy atom. The Hall–Kier alpha value is -1.80. The molecule has 25 heavy (non-hydrogen) atoms. The van der Waals surface area contributed by atoms with Gasteiger partial charge in [0, 0.05) is 43.5 Å². The second kappa shape index (κ2) is 5.88. The van der Waals surface area contributed by atoms with Crippen LogP contribution in [-0.2, 0) is 19.5 Å². The van der Waals surface area contributed by atoms with E-state index in [0.717, 1.165) is 57.0 Å². The maximum absolute atomic E-state index is 12.4. The number of hydrogen-bond donors (Lipinski definition) is 1. The fourth-order valence-electron chi connectivity index (χ4n) is 4.08. The molecule has 3 aliphatic rings. The standard InChI is InChI=1S/C17H22N6OS/c1-10-14(25-9-18-10)8-22-5-11-4-15-20-21-16(17(24)19-13-2-3-13)23(15)7-12(11)6-22/h9,11-13H,2-8H2,1H3,(H,19,24)/t11-,12+/m1/s1. The van der Waals surface area contributed by atoms with Crippen LogP contribution in [0, 0.1) is 18.8 Å². The molecule has 0 radical (unpaired) electrons. The van der Waals surface area contributed by atoms with Gasteiger partial charge in [-0.1, -0.05) is 0 Å². The highest BCUT2D eigenvalue weighted by molar-refractivity contribution is 7.09. The van der Waals surface area contributed by atoms with Crippen molar-refractivity contribution < 1.29 is 4.79 Å². The molecule has 1 saturated carbocycles. The fraction of sp³-hybridized carbons (Fsp3) is 0.647. The lowest BCUT2D eigenvalue weighted by molar-refractivity contribution is 0.0932. The van der Waals surface area contributed by atoms with Crippen molar-refractivity contribution in [3.8, 4) is 0 Å². The summed E-state index contributed by atoms with van der Waals surface area (Å²) in [7, 11) is 0. The van der Waals surface area contributed by atoms with E-state index in [9.17, 15) is 4.79 Å². The predicted octanol–water partition coefficient (Wildman–Crippen LogP) is 1.24. The van der Waals surface area contributed by atoms with Gasteiger partial charge in [-0.3, -0.25) is 9.69 Å². The maximum atomic E-state index is 12.4. The third-order valence-electron chi connectivity index (χ3n) is 5.67. The Labute approximate surface area is 150 Å².